The number of aliphatic imine (C=N–C) groups is 1. The van der Waals surface area contributed by atoms with Crippen molar-refractivity contribution in [1.29, 1.82) is 0 Å². The summed E-state index contributed by atoms with van der Waals surface area (Å²) in [7, 11) is 0. The van der Waals surface area contributed by atoms with E-state index in [4.69, 9.17) is 4.99 Å². The van der Waals surface area contributed by atoms with Crippen molar-refractivity contribution in [2.24, 2.45) is 4.99 Å². The van der Waals surface area contributed by atoms with Crippen molar-refractivity contribution in [2.75, 3.05) is 0 Å². The molecule has 0 fully saturated rings. The van der Waals surface area contributed by atoms with E-state index in [1.165, 1.54) is 15.4 Å². The van der Waals surface area contributed by atoms with E-state index >= 15 is 0 Å². The monoisotopic (exact) mass is 375 g/mol. The van der Waals surface area contributed by atoms with Gasteiger partial charge in [-0.2, -0.15) is 0 Å². The van der Waals surface area contributed by atoms with Crippen LogP contribution in [-0.2, 0) is 0 Å². The molecule has 130 valence electrons. The topological polar surface area (TPSA) is 12.4 Å². The summed E-state index contributed by atoms with van der Waals surface area (Å²) in [5.41, 5.74) is 3.36. The molecule has 0 aliphatic heterocycles. The first-order valence-corrected chi connectivity index (χ1v) is 10.2. The van der Waals surface area contributed by atoms with E-state index in [9.17, 15) is 0 Å². The van der Waals surface area contributed by atoms with Gasteiger partial charge in [0.05, 0.1) is 5.69 Å². The first-order chi connectivity index (χ1) is 12.7. The molecular formula is C23H21NS2. The van der Waals surface area contributed by atoms with Crippen molar-refractivity contribution in [3.8, 4) is 0 Å². The second-order valence-corrected chi connectivity index (χ2v) is 7.86. The Balaban J connectivity index is 1.90. The minimum absolute atomic E-state index is 1.02. The third-order valence-corrected chi connectivity index (χ3v) is 5.88. The predicted octanol–water partition coefficient (Wildman–Crippen LogP) is 7.51. The molecule has 0 bridgehead atoms. The van der Waals surface area contributed by atoms with Gasteiger partial charge in [0.15, 0.2) is 0 Å². The Hall–Kier alpha value is -2.23. The van der Waals surface area contributed by atoms with Crippen molar-refractivity contribution in [3.63, 3.8) is 0 Å². The molecule has 0 aliphatic carbocycles. The fourth-order valence-corrected chi connectivity index (χ4v) is 3.99. The van der Waals surface area contributed by atoms with Crippen LogP contribution in [0, 0.1) is 6.92 Å². The minimum atomic E-state index is 1.02. The molecule has 3 rings (SSSR count). The number of hydrogen-bond acceptors (Lipinski definition) is 3. The summed E-state index contributed by atoms with van der Waals surface area (Å²) in [6.07, 6.45) is 0. The molecule has 0 N–H and O–H groups in total. The van der Waals surface area contributed by atoms with Gasteiger partial charge in [0, 0.05) is 9.79 Å². The lowest BCUT2D eigenvalue weighted by Crippen LogP contribution is -1.94. The van der Waals surface area contributed by atoms with E-state index in [1.807, 2.05) is 24.3 Å². The molecule has 0 saturated heterocycles. The number of benzene rings is 3. The average molecular weight is 376 g/mol. The molecule has 1 nitrogen and oxygen atoms in total. The lowest BCUT2D eigenvalue weighted by Gasteiger charge is -2.09. The molecular weight excluding hydrogens is 354 g/mol. The Morgan fingerprint density at radius 3 is 2.00 bits per heavy atom. The van der Waals surface area contributed by atoms with Gasteiger partial charge in [-0.1, -0.05) is 78.1 Å². The number of aryl methyl sites for hydroxylation is 1. The number of rotatable bonds is 5. The van der Waals surface area contributed by atoms with Crippen molar-refractivity contribution in [2.45, 2.75) is 23.6 Å². The van der Waals surface area contributed by atoms with Crippen molar-refractivity contribution in [1.82, 2.24) is 0 Å². The first-order valence-electron chi connectivity index (χ1n) is 8.48. The van der Waals surface area contributed by atoms with Crippen LogP contribution in [0.3, 0.4) is 0 Å². The van der Waals surface area contributed by atoms with E-state index in [-0.39, 0.29) is 0 Å². The van der Waals surface area contributed by atoms with Crippen LogP contribution in [0.5, 0.6) is 0 Å². The molecule has 0 amide bonds. The number of para-hydroxylation sites is 1. The molecule has 3 aromatic rings. The summed E-state index contributed by atoms with van der Waals surface area (Å²) in [5, 5.41) is 3.21. The fourth-order valence-electron chi connectivity index (χ4n) is 2.30. The van der Waals surface area contributed by atoms with E-state index in [0.717, 1.165) is 16.3 Å². The zero-order valence-electron chi connectivity index (χ0n) is 14.9. The molecule has 0 heterocycles. The van der Waals surface area contributed by atoms with Crippen LogP contribution in [0.2, 0.25) is 0 Å². The van der Waals surface area contributed by atoms with Crippen LogP contribution in [0.15, 0.2) is 111 Å². The maximum Gasteiger partial charge on any atom is 0.105 e. The molecule has 0 spiro atoms. The summed E-state index contributed by atoms with van der Waals surface area (Å²) in [6, 6.07) is 29.1. The SMILES string of the molecule is C/C(=C\Sc1ccccc1)C(=Nc1ccccc1C)Sc1ccccc1. The van der Waals surface area contributed by atoms with Crippen LogP contribution in [0.4, 0.5) is 5.69 Å². The van der Waals surface area contributed by atoms with Crippen molar-refractivity contribution in [3.05, 3.63) is 101 Å². The number of thioether (sulfide) groups is 2. The Labute approximate surface area is 164 Å². The Bertz CT molecular complexity index is 900. The molecule has 0 saturated carbocycles. The highest BCUT2D eigenvalue weighted by Crippen LogP contribution is 2.30. The smallest absolute Gasteiger partial charge is 0.105 e. The van der Waals surface area contributed by atoms with E-state index in [0.29, 0.717) is 0 Å². The zero-order chi connectivity index (χ0) is 18.2. The fraction of sp³-hybridized carbons (Fsp3) is 0.0870. The Morgan fingerprint density at radius 1 is 0.769 bits per heavy atom. The Kier molecular flexibility index (Phi) is 6.75. The highest BCUT2D eigenvalue weighted by molar-refractivity contribution is 8.14. The molecule has 3 aromatic carbocycles. The van der Waals surface area contributed by atoms with Crippen LogP contribution < -0.4 is 0 Å². The quantitative estimate of drug-likeness (QED) is 0.260. The minimum Gasteiger partial charge on any atom is -0.241 e. The zero-order valence-corrected chi connectivity index (χ0v) is 16.6. The number of hydrogen-bond donors (Lipinski definition) is 0. The van der Waals surface area contributed by atoms with Gasteiger partial charge in [-0.25, -0.2) is 4.99 Å². The van der Waals surface area contributed by atoms with E-state index in [1.54, 1.807) is 23.5 Å². The molecule has 3 heteroatoms. The van der Waals surface area contributed by atoms with Gasteiger partial charge in [0.25, 0.3) is 0 Å². The summed E-state index contributed by atoms with van der Waals surface area (Å²) in [4.78, 5) is 7.38. The maximum absolute atomic E-state index is 4.96. The number of nitrogens with zero attached hydrogens (tertiary/aromatic N) is 1. The highest BCUT2D eigenvalue weighted by atomic mass is 32.2. The summed E-state index contributed by atoms with van der Waals surface area (Å²) >= 11 is 3.43. The van der Waals surface area contributed by atoms with E-state index in [2.05, 4.69) is 79.9 Å². The van der Waals surface area contributed by atoms with Crippen LogP contribution in [0.25, 0.3) is 0 Å². The van der Waals surface area contributed by atoms with Gasteiger partial charge in [-0.3, -0.25) is 0 Å². The van der Waals surface area contributed by atoms with Gasteiger partial charge < -0.3 is 0 Å². The third-order valence-electron chi connectivity index (χ3n) is 3.75. The first kappa shape index (κ1) is 18.6. The van der Waals surface area contributed by atoms with Gasteiger partial charge >= 0.3 is 0 Å². The highest BCUT2D eigenvalue weighted by Gasteiger charge is 2.07. The molecule has 0 aliphatic rings. The third kappa shape index (κ3) is 5.38. The Morgan fingerprint density at radius 2 is 1.35 bits per heavy atom. The summed E-state index contributed by atoms with van der Waals surface area (Å²) in [5.74, 6) is 0. The summed E-state index contributed by atoms with van der Waals surface area (Å²) in [6.45, 7) is 4.23. The second-order valence-electron chi connectivity index (χ2n) is 5.85. The normalized spacial score (nSPS) is 12.2. The van der Waals surface area contributed by atoms with Crippen molar-refractivity contribution < 1.29 is 0 Å². The molecule has 0 aromatic heterocycles. The molecule has 26 heavy (non-hydrogen) atoms. The lowest BCUT2D eigenvalue weighted by atomic mass is 10.2. The average Bonchev–Trinajstić information content (AvgIpc) is 2.69. The molecule has 0 radical (unpaired) electrons. The predicted molar refractivity (Wildman–Crippen MR) is 117 cm³/mol. The van der Waals surface area contributed by atoms with Gasteiger partial charge in [0.1, 0.15) is 5.04 Å². The van der Waals surface area contributed by atoms with E-state index < -0.39 is 0 Å². The molecule has 0 atom stereocenters. The van der Waals surface area contributed by atoms with Crippen molar-refractivity contribution >= 4 is 34.3 Å². The standard InChI is InChI=1S/C23H21NS2/c1-18-11-9-10-16-22(18)24-23(26-21-14-7-4-8-15-21)19(2)17-25-20-12-5-3-6-13-20/h3-17H,1-2H3/b19-17+,24-23?. The summed E-state index contributed by atoms with van der Waals surface area (Å²) < 4.78 is 0. The van der Waals surface area contributed by atoms with Gasteiger partial charge in [0.2, 0.25) is 0 Å². The second kappa shape index (κ2) is 9.46. The largest absolute Gasteiger partial charge is 0.241 e. The van der Waals surface area contributed by atoms with Gasteiger partial charge in [-0.05, 0) is 60.7 Å². The van der Waals surface area contributed by atoms with Crippen LogP contribution in [0.1, 0.15) is 12.5 Å². The lowest BCUT2D eigenvalue weighted by molar-refractivity contribution is 1.39. The molecule has 0 unspecified atom stereocenters. The van der Waals surface area contributed by atoms with Crippen LogP contribution >= 0.6 is 23.5 Å². The van der Waals surface area contributed by atoms with Gasteiger partial charge in [-0.15, -0.1) is 0 Å². The maximum atomic E-state index is 4.96. The van der Waals surface area contributed by atoms with Crippen LogP contribution in [-0.4, -0.2) is 5.04 Å².